The number of benzene rings is 1. The maximum Gasteiger partial charge on any atom is 0.0992 e. The summed E-state index contributed by atoms with van der Waals surface area (Å²) in [6.45, 7) is 0. The summed E-state index contributed by atoms with van der Waals surface area (Å²) in [7, 11) is 0. The normalized spacial score (nSPS) is 10.1. The lowest BCUT2D eigenvalue weighted by Crippen LogP contribution is -1.86. The van der Waals surface area contributed by atoms with Crippen molar-refractivity contribution in [3.8, 4) is 6.07 Å². The van der Waals surface area contributed by atoms with E-state index in [1.807, 2.05) is 18.2 Å². The second-order valence-electron chi connectivity index (χ2n) is 3.52. The van der Waals surface area contributed by atoms with Crippen molar-refractivity contribution in [1.82, 2.24) is 4.98 Å². The molecule has 90 valence electrons. The molecule has 0 saturated carbocycles. The van der Waals surface area contributed by atoms with Gasteiger partial charge in [0.1, 0.15) is 0 Å². The van der Waals surface area contributed by atoms with Crippen LogP contribution < -0.4 is 0 Å². The van der Waals surface area contributed by atoms with Gasteiger partial charge in [-0.05, 0) is 45.8 Å². The summed E-state index contributed by atoms with van der Waals surface area (Å²) in [5, 5.41) is 10.3. The van der Waals surface area contributed by atoms with Crippen molar-refractivity contribution in [3.05, 3.63) is 57.2 Å². The van der Waals surface area contributed by atoms with E-state index in [0.29, 0.717) is 10.6 Å². The second-order valence-corrected chi connectivity index (χ2v) is 5.84. The van der Waals surface area contributed by atoms with E-state index in [-0.39, 0.29) is 0 Å². The molecule has 1 aromatic carbocycles. The Morgan fingerprint density at radius 3 is 2.78 bits per heavy atom. The Morgan fingerprint density at radius 2 is 2.17 bits per heavy atom. The van der Waals surface area contributed by atoms with Crippen LogP contribution in [0, 0.1) is 11.3 Å². The molecule has 0 unspecified atom stereocenters. The van der Waals surface area contributed by atoms with Crippen molar-refractivity contribution in [2.75, 3.05) is 0 Å². The third kappa shape index (κ3) is 3.49. The Morgan fingerprint density at radius 1 is 1.33 bits per heavy atom. The molecule has 0 radical (unpaired) electrons. The first-order valence-electron chi connectivity index (χ1n) is 5.12. The number of halogens is 2. The Kier molecular flexibility index (Phi) is 4.65. The number of hydrogen-bond donors (Lipinski definition) is 0. The zero-order valence-corrected chi connectivity index (χ0v) is 12.4. The highest BCUT2D eigenvalue weighted by Crippen LogP contribution is 2.26. The van der Waals surface area contributed by atoms with Gasteiger partial charge in [0, 0.05) is 21.4 Å². The molecule has 0 aliphatic carbocycles. The van der Waals surface area contributed by atoms with Gasteiger partial charge in [-0.3, -0.25) is 0 Å². The average Bonchev–Trinajstić information content (AvgIpc) is 2.39. The summed E-state index contributed by atoms with van der Waals surface area (Å²) in [4.78, 5) is 4.28. The van der Waals surface area contributed by atoms with E-state index in [9.17, 15) is 0 Å². The largest absolute Gasteiger partial charge is 0.249 e. The molecule has 0 aliphatic heterocycles. The van der Waals surface area contributed by atoms with Crippen LogP contribution in [0.5, 0.6) is 0 Å². The first-order chi connectivity index (χ1) is 8.69. The molecule has 0 saturated heterocycles. The zero-order chi connectivity index (χ0) is 13.0. The second kappa shape index (κ2) is 6.24. The lowest BCUT2D eigenvalue weighted by Gasteiger charge is -2.04. The van der Waals surface area contributed by atoms with Crippen molar-refractivity contribution in [2.45, 2.75) is 10.8 Å². The van der Waals surface area contributed by atoms with E-state index in [0.717, 1.165) is 20.8 Å². The molecule has 0 fully saturated rings. The first kappa shape index (κ1) is 13.4. The topological polar surface area (TPSA) is 36.7 Å². The molecule has 0 N–H and O–H groups in total. The smallest absolute Gasteiger partial charge is 0.0992 e. The van der Waals surface area contributed by atoms with Crippen LogP contribution in [0.2, 0.25) is 5.02 Å². The summed E-state index contributed by atoms with van der Waals surface area (Å²) in [6, 6.07) is 11.3. The number of thioether (sulfide) groups is 1. The molecular formula is C13H8BrClN2S. The van der Waals surface area contributed by atoms with Gasteiger partial charge in [0.05, 0.1) is 16.7 Å². The fourth-order valence-corrected chi connectivity index (χ4v) is 2.74. The van der Waals surface area contributed by atoms with E-state index in [4.69, 9.17) is 16.9 Å². The maximum atomic E-state index is 8.76. The molecule has 1 aromatic heterocycles. The Labute approximate surface area is 123 Å². The fraction of sp³-hybridized carbons (Fsp3) is 0.0769. The molecular weight excluding hydrogens is 332 g/mol. The molecule has 2 rings (SSSR count). The summed E-state index contributed by atoms with van der Waals surface area (Å²) < 4.78 is 0.961. The van der Waals surface area contributed by atoms with Crippen LogP contribution in [0.4, 0.5) is 0 Å². The van der Waals surface area contributed by atoms with E-state index >= 15 is 0 Å². The zero-order valence-electron chi connectivity index (χ0n) is 9.23. The van der Waals surface area contributed by atoms with Crippen LogP contribution in [0.3, 0.4) is 0 Å². The molecule has 18 heavy (non-hydrogen) atoms. The van der Waals surface area contributed by atoms with Gasteiger partial charge >= 0.3 is 0 Å². The van der Waals surface area contributed by atoms with E-state index in [2.05, 4.69) is 27.0 Å². The van der Waals surface area contributed by atoms with Crippen molar-refractivity contribution in [2.24, 2.45) is 0 Å². The number of rotatable bonds is 3. The van der Waals surface area contributed by atoms with E-state index in [1.54, 1.807) is 30.1 Å². The SMILES string of the molecule is N#Cc1ccc(CSc2ccc(Br)cn2)c(Cl)c1. The minimum absolute atomic E-state index is 0.579. The number of nitrogens with zero attached hydrogens (tertiary/aromatic N) is 2. The molecule has 5 heteroatoms. The highest BCUT2D eigenvalue weighted by atomic mass is 79.9. The number of pyridine rings is 1. The molecule has 2 nitrogen and oxygen atoms in total. The third-order valence-corrected chi connectivity index (χ3v) is 4.07. The first-order valence-corrected chi connectivity index (χ1v) is 7.27. The van der Waals surface area contributed by atoms with E-state index in [1.165, 1.54) is 0 Å². The lowest BCUT2D eigenvalue weighted by atomic mass is 10.2. The van der Waals surface area contributed by atoms with Gasteiger partial charge in [0.15, 0.2) is 0 Å². The standard InChI is InChI=1S/C13H8BrClN2S/c14-11-3-4-13(17-7-11)18-8-10-2-1-9(6-16)5-12(10)15/h1-5,7H,8H2. The molecule has 0 amide bonds. The van der Waals surface area contributed by atoms with Gasteiger partial charge in [-0.1, -0.05) is 17.7 Å². The molecule has 0 spiro atoms. The summed E-state index contributed by atoms with van der Waals surface area (Å²) >= 11 is 11.1. The van der Waals surface area contributed by atoms with Crippen LogP contribution in [0.1, 0.15) is 11.1 Å². The molecule has 0 bridgehead atoms. The number of nitriles is 1. The van der Waals surface area contributed by atoms with Crippen LogP contribution in [-0.2, 0) is 5.75 Å². The lowest BCUT2D eigenvalue weighted by molar-refractivity contribution is 1.12. The summed E-state index contributed by atoms with van der Waals surface area (Å²) in [6.07, 6.45) is 1.77. The third-order valence-electron chi connectivity index (χ3n) is 2.26. The van der Waals surface area contributed by atoms with Gasteiger partial charge in [0.25, 0.3) is 0 Å². The predicted octanol–water partition coefficient (Wildman–Crippen LogP) is 4.66. The molecule has 1 heterocycles. The minimum atomic E-state index is 0.579. The highest BCUT2D eigenvalue weighted by molar-refractivity contribution is 9.10. The van der Waals surface area contributed by atoms with Gasteiger partial charge in [-0.25, -0.2) is 4.98 Å². The quantitative estimate of drug-likeness (QED) is 0.763. The van der Waals surface area contributed by atoms with Gasteiger partial charge in [-0.15, -0.1) is 11.8 Å². The maximum absolute atomic E-state index is 8.76. The van der Waals surface area contributed by atoms with Crippen molar-refractivity contribution < 1.29 is 0 Å². The average molecular weight is 340 g/mol. The van der Waals surface area contributed by atoms with Crippen molar-refractivity contribution in [1.29, 1.82) is 5.26 Å². The van der Waals surface area contributed by atoms with Crippen LogP contribution in [-0.4, -0.2) is 4.98 Å². The molecule has 2 aromatic rings. The molecule has 0 aliphatic rings. The Hall–Kier alpha value is -1.02. The van der Waals surface area contributed by atoms with E-state index < -0.39 is 0 Å². The molecule has 0 atom stereocenters. The Bertz CT molecular complexity index is 593. The highest BCUT2D eigenvalue weighted by Gasteiger charge is 2.03. The predicted molar refractivity (Wildman–Crippen MR) is 77.7 cm³/mol. The van der Waals surface area contributed by atoms with Crippen molar-refractivity contribution >= 4 is 39.3 Å². The van der Waals surface area contributed by atoms with Gasteiger partial charge in [0.2, 0.25) is 0 Å². The van der Waals surface area contributed by atoms with Crippen molar-refractivity contribution in [3.63, 3.8) is 0 Å². The monoisotopic (exact) mass is 338 g/mol. The van der Waals surface area contributed by atoms with Crippen LogP contribution >= 0.6 is 39.3 Å². The van der Waals surface area contributed by atoms with Crippen LogP contribution in [0.15, 0.2) is 46.0 Å². The van der Waals surface area contributed by atoms with Crippen LogP contribution in [0.25, 0.3) is 0 Å². The van der Waals surface area contributed by atoms with Gasteiger partial charge in [-0.2, -0.15) is 5.26 Å². The Balaban J connectivity index is 2.06. The van der Waals surface area contributed by atoms with Gasteiger partial charge < -0.3 is 0 Å². The number of hydrogen-bond acceptors (Lipinski definition) is 3. The fourth-order valence-electron chi connectivity index (χ4n) is 1.33. The number of aromatic nitrogens is 1. The summed E-state index contributed by atoms with van der Waals surface area (Å²) in [5.74, 6) is 0.735. The summed E-state index contributed by atoms with van der Waals surface area (Å²) in [5.41, 5.74) is 1.58. The minimum Gasteiger partial charge on any atom is -0.249 e.